The number of carboxylic acid groups (broad SMARTS) is 1. The Hall–Kier alpha value is -4.24. The van der Waals surface area contributed by atoms with E-state index in [9.17, 15) is 32.4 Å². The summed E-state index contributed by atoms with van der Waals surface area (Å²) in [5.41, 5.74) is -0.171. The van der Waals surface area contributed by atoms with Crippen molar-refractivity contribution in [3.8, 4) is 0 Å². The second-order valence-electron chi connectivity index (χ2n) is 10.8. The first-order valence-electron chi connectivity index (χ1n) is 13.7. The number of aromatic carboxylic acids is 1. The van der Waals surface area contributed by atoms with Gasteiger partial charge in [0, 0.05) is 18.7 Å². The molecule has 1 aliphatic heterocycles. The van der Waals surface area contributed by atoms with Gasteiger partial charge in [-0.3, -0.25) is 19.2 Å². The predicted molar refractivity (Wildman–Crippen MR) is 155 cm³/mol. The average Bonchev–Trinajstić information content (AvgIpc) is 3.45. The fourth-order valence-corrected chi connectivity index (χ4v) is 5.62. The van der Waals surface area contributed by atoms with Crippen molar-refractivity contribution in [2.24, 2.45) is 5.92 Å². The van der Waals surface area contributed by atoms with Crippen molar-refractivity contribution in [3.63, 3.8) is 0 Å². The predicted octanol–water partition coefficient (Wildman–Crippen LogP) is 1.82. The number of benzene rings is 2. The van der Waals surface area contributed by atoms with E-state index < -0.39 is 75.9 Å². The number of halogens is 2. The quantitative estimate of drug-likeness (QED) is 0.241. The molecular formula is C29H34F2N4O8S. The fraction of sp³-hybridized carbons (Fsp3) is 0.414. The lowest BCUT2D eigenvalue weighted by atomic mass is 9.97. The first-order chi connectivity index (χ1) is 20.5. The van der Waals surface area contributed by atoms with Crippen LogP contribution in [-0.2, 0) is 35.6 Å². The number of anilines is 1. The number of carboxylic acids is 1. The summed E-state index contributed by atoms with van der Waals surface area (Å²) in [4.78, 5) is 64.9. The molecule has 0 aromatic heterocycles. The number of nitrogens with one attached hydrogen (secondary N) is 3. The molecule has 0 radical (unpaired) electrons. The molecule has 15 heteroatoms. The van der Waals surface area contributed by atoms with E-state index in [2.05, 4.69) is 10.0 Å². The van der Waals surface area contributed by atoms with Gasteiger partial charge in [-0.15, -0.1) is 0 Å². The van der Waals surface area contributed by atoms with Crippen LogP contribution in [0.2, 0.25) is 0 Å². The Labute approximate surface area is 253 Å². The second-order valence-corrected chi connectivity index (χ2v) is 12.6. The van der Waals surface area contributed by atoms with Crippen LogP contribution in [0.3, 0.4) is 0 Å². The number of nitrogens with zero attached hydrogens (tertiary/aromatic N) is 1. The van der Waals surface area contributed by atoms with Crippen LogP contribution in [0.5, 0.6) is 0 Å². The third-order valence-electron chi connectivity index (χ3n) is 6.99. The van der Waals surface area contributed by atoms with Crippen LogP contribution < -0.4 is 15.4 Å². The molecule has 3 amide bonds. The highest BCUT2D eigenvalue weighted by molar-refractivity contribution is 7.88. The van der Waals surface area contributed by atoms with Crippen LogP contribution in [0.25, 0.3) is 0 Å². The summed E-state index contributed by atoms with van der Waals surface area (Å²) in [7, 11) is -3.79. The number of rotatable bonds is 13. The van der Waals surface area contributed by atoms with Gasteiger partial charge in [0.05, 0.1) is 17.9 Å². The van der Waals surface area contributed by atoms with Gasteiger partial charge in [0.15, 0.2) is 0 Å². The summed E-state index contributed by atoms with van der Waals surface area (Å²) < 4.78 is 56.6. The van der Waals surface area contributed by atoms with Gasteiger partial charge in [-0.1, -0.05) is 50.2 Å². The maximum atomic E-state index is 15.3. The van der Waals surface area contributed by atoms with Gasteiger partial charge in [0.1, 0.15) is 12.1 Å². The van der Waals surface area contributed by atoms with Crippen molar-refractivity contribution in [3.05, 3.63) is 65.7 Å². The molecule has 44 heavy (non-hydrogen) atoms. The van der Waals surface area contributed by atoms with Gasteiger partial charge in [0.2, 0.25) is 27.6 Å². The number of likely N-dealkylation sites (tertiary alicyclic amines) is 1. The number of alkyl halides is 2. The van der Waals surface area contributed by atoms with E-state index in [-0.39, 0.29) is 24.2 Å². The molecule has 4 N–H and O–H groups in total. The first kappa shape index (κ1) is 34.3. The van der Waals surface area contributed by atoms with E-state index in [1.54, 1.807) is 32.0 Å². The number of hydrogen-bond acceptors (Lipinski definition) is 7. The van der Waals surface area contributed by atoms with Crippen molar-refractivity contribution < 1.29 is 46.3 Å². The Bertz CT molecular complexity index is 1520. The Morgan fingerprint density at radius 3 is 2.30 bits per heavy atom. The van der Waals surface area contributed by atoms with Crippen LogP contribution in [0, 0.1) is 5.92 Å². The molecule has 238 valence electrons. The van der Waals surface area contributed by atoms with E-state index in [1.807, 2.05) is 5.32 Å². The monoisotopic (exact) mass is 636 g/mol. The van der Waals surface area contributed by atoms with Crippen LogP contribution in [-0.4, -0.2) is 84.7 Å². The lowest BCUT2D eigenvalue weighted by Gasteiger charge is -2.31. The average molecular weight is 637 g/mol. The second kappa shape index (κ2) is 14.0. The highest BCUT2D eigenvalue weighted by Crippen LogP contribution is 2.25. The highest BCUT2D eigenvalue weighted by atomic mass is 32.2. The molecule has 3 atom stereocenters. The minimum absolute atomic E-state index is 0.0941. The standard InChI is InChI=1S/C29H34F2N4O8S/c1-17(2)23(34-44(3,42)43)26(38)35-14-8-13-22(35)25(37)33-21(15-18-9-5-4-6-10-18)24(36)29(30,31)28(41)32-20-12-7-11-19(16-20)27(39)40/h4-7,9-12,16-17,21-23,34H,8,13-15H2,1-3H3,(H,32,41)(H,33,37)(H,39,40)/t21?,22-,23-/m0/s1. The first-order valence-corrected chi connectivity index (χ1v) is 15.6. The van der Waals surface area contributed by atoms with E-state index in [1.165, 1.54) is 30.3 Å². The fourth-order valence-electron chi connectivity index (χ4n) is 4.78. The SMILES string of the molecule is CC(C)[C@H](NS(C)(=O)=O)C(=O)N1CCC[C@H]1C(=O)NC(Cc1ccccc1)C(=O)C(F)(F)C(=O)Nc1cccc(C(=O)O)c1. The van der Waals surface area contributed by atoms with Crippen molar-refractivity contribution in [2.75, 3.05) is 18.1 Å². The van der Waals surface area contributed by atoms with Gasteiger partial charge in [-0.05, 0) is 42.5 Å². The number of carbonyl (C=O) groups excluding carboxylic acids is 4. The van der Waals surface area contributed by atoms with Crippen molar-refractivity contribution in [2.45, 2.75) is 57.2 Å². The smallest absolute Gasteiger partial charge is 0.383 e. The molecule has 12 nitrogen and oxygen atoms in total. The van der Waals surface area contributed by atoms with E-state index in [0.29, 0.717) is 12.0 Å². The van der Waals surface area contributed by atoms with Crippen LogP contribution in [0.4, 0.5) is 14.5 Å². The third kappa shape index (κ3) is 8.66. The zero-order valence-corrected chi connectivity index (χ0v) is 25.1. The molecule has 0 aliphatic carbocycles. The molecule has 0 spiro atoms. The molecule has 1 fully saturated rings. The topological polar surface area (TPSA) is 179 Å². The third-order valence-corrected chi connectivity index (χ3v) is 7.67. The van der Waals surface area contributed by atoms with Crippen molar-refractivity contribution in [1.82, 2.24) is 14.9 Å². The molecule has 0 saturated carbocycles. The number of amides is 3. The van der Waals surface area contributed by atoms with Gasteiger partial charge < -0.3 is 20.6 Å². The van der Waals surface area contributed by atoms with E-state index in [4.69, 9.17) is 5.11 Å². The normalized spacial score (nSPS) is 16.7. The zero-order chi connectivity index (χ0) is 32.8. The number of carbonyl (C=O) groups is 5. The van der Waals surface area contributed by atoms with Gasteiger partial charge in [-0.2, -0.15) is 8.78 Å². The number of ketones is 1. The maximum Gasteiger partial charge on any atom is 0.383 e. The summed E-state index contributed by atoms with van der Waals surface area (Å²) in [6, 6.07) is 8.18. The largest absolute Gasteiger partial charge is 0.478 e. The molecule has 3 rings (SSSR count). The highest BCUT2D eigenvalue weighted by Gasteiger charge is 2.51. The summed E-state index contributed by atoms with van der Waals surface area (Å²) in [6.45, 7) is 3.33. The lowest BCUT2D eigenvalue weighted by Crippen LogP contribution is -2.58. The molecule has 1 aliphatic rings. The Morgan fingerprint density at radius 2 is 1.70 bits per heavy atom. The van der Waals surface area contributed by atoms with Crippen LogP contribution in [0.15, 0.2) is 54.6 Å². The van der Waals surface area contributed by atoms with Gasteiger partial charge >= 0.3 is 17.8 Å². The van der Waals surface area contributed by atoms with E-state index in [0.717, 1.165) is 17.2 Å². The van der Waals surface area contributed by atoms with Gasteiger partial charge in [-0.25, -0.2) is 17.9 Å². The van der Waals surface area contributed by atoms with Gasteiger partial charge in [0.25, 0.3) is 0 Å². The molecule has 1 heterocycles. The number of hydrogen-bond donors (Lipinski definition) is 4. The van der Waals surface area contributed by atoms with Crippen LogP contribution in [0.1, 0.15) is 42.6 Å². The number of Topliss-reactive ketones (excluding diaryl/α,β-unsaturated/α-hetero) is 1. The number of sulfonamides is 1. The Balaban J connectivity index is 1.86. The zero-order valence-electron chi connectivity index (χ0n) is 24.3. The molecule has 1 unspecified atom stereocenters. The molecular weight excluding hydrogens is 602 g/mol. The molecule has 2 aromatic carbocycles. The minimum atomic E-state index is -4.65. The van der Waals surface area contributed by atoms with Crippen LogP contribution >= 0.6 is 0 Å². The van der Waals surface area contributed by atoms with Crippen molar-refractivity contribution in [1.29, 1.82) is 0 Å². The maximum absolute atomic E-state index is 15.3. The summed E-state index contributed by atoms with van der Waals surface area (Å²) in [5.74, 6) is -12.0. The lowest BCUT2D eigenvalue weighted by molar-refractivity contribution is -0.157. The van der Waals surface area contributed by atoms with E-state index >= 15 is 8.78 Å². The summed E-state index contributed by atoms with van der Waals surface area (Å²) in [6.07, 6.45) is 0.972. The summed E-state index contributed by atoms with van der Waals surface area (Å²) >= 11 is 0. The molecule has 1 saturated heterocycles. The Kier molecular flexibility index (Phi) is 10.9. The Morgan fingerprint density at radius 1 is 1.05 bits per heavy atom. The summed E-state index contributed by atoms with van der Waals surface area (Å²) in [5, 5.41) is 13.3. The van der Waals surface area contributed by atoms with Crippen molar-refractivity contribution >= 4 is 45.2 Å². The minimum Gasteiger partial charge on any atom is -0.478 e. The molecule has 0 bridgehead atoms. The molecule has 2 aromatic rings.